The van der Waals surface area contributed by atoms with Gasteiger partial charge in [-0.1, -0.05) is 38.5 Å². The molecule has 2 aliphatic carbocycles. The van der Waals surface area contributed by atoms with E-state index in [1.165, 1.54) is 51.4 Å². The maximum Gasteiger partial charge on any atom is -0.00461 e. The molecule has 2 aliphatic rings. The quantitative estimate of drug-likeness (QED) is 0.651. The summed E-state index contributed by atoms with van der Waals surface area (Å²) < 4.78 is 0. The van der Waals surface area contributed by atoms with E-state index in [2.05, 4.69) is 0 Å². The van der Waals surface area contributed by atoms with Gasteiger partial charge in [-0.15, -0.1) is 0 Å². The molecule has 2 rings (SSSR count). The van der Waals surface area contributed by atoms with Crippen LogP contribution in [0.1, 0.15) is 51.4 Å². The average molecular weight is 181 g/mol. The van der Waals surface area contributed by atoms with Gasteiger partial charge >= 0.3 is 0 Å². The van der Waals surface area contributed by atoms with Gasteiger partial charge < -0.3 is 5.73 Å². The lowest BCUT2D eigenvalue weighted by Gasteiger charge is -2.41. The van der Waals surface area contributed by atoms with Crippen molar-refractivity contribution in [3.05, 3.63) is 0 Å². The van der Waals surface area contributed by atoms with Crippen LogP contribution < -0.4 is 5.73 Å². The van der Waals surface area contributed by atoms with Gasteiger partial charge in [0.25, 0.3) is 0 Å². The number of nitrogens with two attached hydrogens (primary N) is 1. The first-order valence-corrected chi connectivity index (χ1v) is 6.12. The first kappa shape index (κ1) is 9.51. The molecular weight excluding hydrogens is 158 g/mol. The summed E-state index contributed by atoms with van der Waals surface area (Å²) in [5, 5.41) is 0. The monoisotopic (exact) mass is 181 g/mol. The summed E-state index contributed by atoms with van der Waals surface area (Å²) in [6.45, 7) is 0.946. The van der Waals surface area contributed by atoms with Crippen LogP contribution in [0.25, 0.3) is 0 Å². The fourth-order valence-electron chi connectivity index (χ4n) is 3.25. The molecule has 0 aromatic heterocycles. The lowest BCUT2D eigenvalue weighted by molar-refractivity contribution is 0.0995. The third-order valence-corrected chi connectivity index (χ3v) is 4.28. The second kappa shape index (κ2) is 4.45. The van der Waals surface area contributed by atoms with Crippen molar-refractivity contribution in [2.24, 2.45) is 23.5 Å². The van der Waals surface area contributed by atoms with Crippen LogP contribution in [0.3, 0.4) is 0 Å². The van der Waals surface area contributed by atoms with Crippen LogP contribution in [0, 0.1) is 17.8 Å². The Labute approximate surface area is 82.1 Å². The fourth-order valence-corrected chi connectivity index (χ4v) is 3.25. The highest BCUT2D eigenvalue weighted by atomic mass is 14.6. The van der Waals surface area contributed by atoms with Crippen molar-refractivity contribution in [2.75, 3.05) is 6.54 Å². The van der Waals surface area contributed by atoms with E-state index in [1.54, 1.807) is 0 Å². The Kier molecular flexibility index (Phi) is 3.26. The molecule has 0 spiro atoms. The zero-order chi connectivity index (χ0) is 9.10. The van der Waals surface area contributed by atoms with Gasteiger partial charge in [-0.05, 0) is 37.1 Å². The highest BCUT2D eigenvalue weighted by Gasteiger charge is 2.35. The second-order valence-electron chi connectivity index (χ2n) is 4.99. The van der Waals surface area contributed by atoms with E-state index in [1.807, 2.05) is 0 Å². The van der Waals surface area contributed by atoms with Crippen molar-refractivity contribution in [1.29, 1.82) is 0 Å². The van der Waals surface area contributed by atoms with Gasteiger partial charge in [0, 0.05) is 0 Å². The third kappa shape index (κ3) is 2.07. The molecule has 0 saturated heterocycles. The molecule has 0 aromatic carbocycles. The maximum absolute atomic E-state index is 5.77. The Morgan fingerprint density at radius 2 is 1.54 bits per heavy atom. The topological polar surface area (TPSA) is 26.0 Å². The van der Waals surface area contributed by atoms with E-state index in [-0.39, 0.29) is 0 Å². The van der Waals surface area contributed by atoms with Crippen LogP contribution in [-0.4, -0.2) is 6.54 Å². The Hall–Kier alpha value is -0.0400. The third-order valence-electron chi connectivity index (χ3n) is 4.28. The van der Waals surface area contributed by atoms with E-state index >= 15 is 0 Å². The molecule has 0 aliphatic heterocycles. The Morgan fingerprint density at radius 1 is 0.846 bits per heavy atom. The van der Waals surface area contributed by atoms with Crippen LogP contribution >= 0.6 is 0 Å². The summed E-state index contributed by atoms with van der Waals surface area (Å²) in [4.78, 5) is 0. The molecule has 0 heterocycles. The summed E-state index contributed by atoms with van der Waals surface area (Å²) in [6.07, 6.45) is 11.8. The van der Waals surface area contributed by atoms with E-state index in [0.29, 0.717) is 0 Å². The molecule has 2 fully saturated rings. The van der Waals surface area contributed by atoms with Crippen molar-refractivity contribution < 1.29 is 0 Å². The lowest BCUT2D eigenvalue weighted by Crippen LogP contribution is -2.37. The second-order valence-corrected chi connectivity index (χ2v) is 4.99. The van der Waals surface area contributed by atoms with Crippen LogP contribution in [0.4, 0.5) is 0 Å². The Bertz CT molecular complexity index is 145. The predicted octanol–water partition coefficient (Wildman–Crippen LogP) is 2.94. The van der Waals surface area contributed by atoms with E-state index < -0.39 is 0 Å². The molecule has 2 saturated carbocycles. The largest absolute Gasteiger partial charge is 0.330 e. The molecule has 0 radical (unpaired) electrons. The van der Waals surface area contributed by atoms with Gasteiger partial charge in [0.15, 0.2) is 0 Å². The van der Waals surface area contributed by atoms with Gasteiger partial charge in [-0.2, -0.15) is 0 Å². The van der Waals surface area contributed by atoms with Gasteiger partial charge in [0.2, 0.25) is 0 Å². The van der Waals surface area contributed by atoms with Crippen molar-refractivity contribution in [1.82, 2.24) is 0 Å². The summed E-state index contributed by atoms with van der Waals surface area (Å²) >= 11 is 0. The van der Waals surface area contributed by atoms with Gasteiger partial charge in [0.05, 0.1) is 0 Å². The molecule has 76 valence electrons. The van der Waals surface area contributed by atoms with Crippen molar-refractivity contribution in [3.63, 3.8) is 0 Å². The zero-order valence-electron chi connectivity index (χ0n) is 8.67. The molecule has 1 heteroatoms. The van der Waals surface area contributed by atoms with E-state index in [0.717, 1.165) is 24.3 Å². The van der Waals surface area contributed by atoms with Gasteiger partial charge in [-0.25, -0.2) is 0 Å². The van der Waals surface area contributed by atoms with Crippen molar-refractivity contribution >= 4 is 0 Å². The smallest absolute Gasteiger partial charge is 0.00461 e. The predicted molar refractivity (Wildman–Crippen MR) is 56.5 cm³/mol. The van der Waals surface area contributed by atoms with Crippen LogP contribution in [-0.2, 0) is 0 Å². The summed E-state index contributed by atoms with van der Waals surface area (Å²) in [5.74, 6) is 2.95. The highest BCUT2D eigenvalue weighted by molar-refractivity contribution is 4.87. The van der Waals surface area contributed by atoms with Gasteiger partial charge in [0.1, 0.15) is 0 Å². The minimum Gasteiger partial charge on any atom is -0.330 e. The zero-order valence-corrected chi connectivity index (χ0v) is 8.67. The van der Waals surface area contributed by atoms with Crippen molar-refractivity contribution in [3.8, 4) is 0 Å². The molecule has 1 nitrogen and oxygen atoms in total. The summed E-state index contributed by atoms with van der Waals surface area (Å²) in [7, 11) is 0. The van der Waals surface area contributed by atoms with Gasteiger partial charge in [-0.3, -0.25) is 0 Å². The van der Waals surface area contributed by atoms with Crippen LogP contribution in [0.15, 0.2) is 0 Å². The normalized spacial score (nSPS) is 36.7. The van der Waals surface area contributed by atoms with Crippen molar-refractivity contribution in [2.45, 2.75) is 51.4 Å². The Balaban J connectivity index is 1.84. The number of hydrogen-bond donors (Lipinski definition) is 1. The first-order chi connectivity index (χ1) is 6.42. The van der Waals surface area contributed by atoms with Crippen LogP contribution in [0.2, 0.25) is 0 Å². The SMILES string of the molecule is NCC1CCC1C1CCCCCC1. The highest BCUT2D eigenvalue weighted by Crippen LogP contribution is 2.44. The molecule has 0 bridgehead atoms. The fraction of sp³-hybridized carbons (Fsp3) is 1.00. The standard InChI is InChI=1S/C12H23N/c13-9-11-7-8-12(11)10-5-3-1-2-4-6-10/h10-12H,1-9,13H2. The summed E-state index contributed by atoms with van der Waals surface area (Å²) in [6, 6.07) is 0. The Morgan fingerprint density at radius 3 is 2.00 bits per heavy atom. The minimum atomic E-state index is 0.892. The molecule has 0 amide bonds. The van der Waals surface area contributed by atoms with E-state index in [9.17, 15) is 0 Å². The molecule has 13 heavy (non-hydrogen) atoms. The molecule has 2 N–H and O–H groups in total. The molecule has 0 aromatic rings. The molecule has 2 atom stereocenters. The first-order valence-electron chi connectivity index (χ1n) is 6.12. The molecular formula is C12H23N. The summed E-state index contributed by atoms with van der Waals surface area (Å²) in [5.41, 5.74) is 5.77. The average Bonchev–Trinajstić information content (AvgIpc) is 2.32. The number of hydrogen-bond acceptors (Lipinski definition) is 1. The lowest BCUT2D eigenvalue weighted by atomic mass is 9.65. The van der Waals surface area contributed by atoms with E-state index in [4.69, 9.17) is 5.73 Å². The minimum absolute atomic E-state index is 0.892. The molecule has 2 unspecified atom stereocenters. The number of rotatable bonds is 2. The maximum atomic E-state index is 5.77. The van der Waals surface area contributed by atoms with Crippen LogP contribution in [0.5, 0.6) is 0 Å².